The molecular weight excluding hydrogens is 257 g/mol. The summed E-state index contributed by atoms with van der Waals surface area (Å²) in [5.74, 6) is 1.66. The number of hydrogen-bond acceptors (Lipinski definition) is 2. The zero-order valence-corrected chi connectivity index (χ0v) is 12.5. The summed E-state index contributed by atoms with van der Waals surface area (Å²) >= 11 is 1.92. The molecule has 0 bridgehead atoms. The highest BCUT2D eigenvalue weighted by molar-refractivity contribution is 7.98. The van der Waals surface area contributed by atoms with Crippen molar-refractivity contribution in [1.29, 1.82) is 0 Å². The maximum atomic E-state index is 13.6. The third-order valence-corrected chi connectivity index (χ3v) is 4.64. The molecule has 1 aliphatic rings. The number of rotatable bonds is 8. The number of thioether (sulfide) groups is 1. The highest BCUT2D eigenvalue weighted by atomic mass is 32.2. The smallest absolute Gasteiger partial charge is 0.126 e. The van der Waals surface area contributed by atoms with Crippen molar-refractivity contribution >= 4 is 11.8 Å². The van der Waals surface area contributed by atoms with Crippen LogP contribution in [0.15, 0.2) is 24.3 Å². The van der Waals surface area contributed by atoms with Gasteiger partial charge in [-0.25, -0.2) is 4.39 Å². The first-order valence-corrected chi connectivity index (χ1v) is 8.67. The van der Waals surface area contributed by atoms with E-state index in [1.165, 1.54) is 25.0 Å². The van der Waals surface area contributed by atoms with Crippen LogP contribution in [-0.2, 0) is 0 Å². The highest BCUT2D eigenvalue weighted by Crippen LogP contribution is 2.37. The van der Waals surface area contributed by atoms with E-state index >= 15 is 0 Å². The lowest BCUT2D eigenvalue weighted by Gasteiger charge is -2.36. The summed E-state index contributed by atoms with van der Waals surface area (Å²) in [6.45, 7) is 1.11. The van der Waals surface area contributed by atoms with Gasteiger partial charge in [-0.3, -0.25) is 0 Å². The fourth-order valence-electron chi connectivity index (χ4n) is 2.70. The standard InChI is InChI=1S/C16H24FNS/c1-19-10-6-2-5-9-18-14-11-13(12-14)15-7-3-4-8-16(15)17/h3-4,7-8,13-14,18H,2,5-6,9-12H2,1H3. The molecule has 0 unspecified atom stereocenters. The maximum absolute atomic E-state index is 13.6. The molecule has 0 aromatic heterocycles. The quantitative estimate of drug-likeness (QED) is 0.717. The van der Waals surface area contributed by atoms with Crippen LogP contribution in [0.2, 0.25) is 0 Å². The molecule has 0 amide bonds. The number of halogens is 1. The van der Waals surface area contributed by atoms with Crippen molar-refractivity contribution in [2.75, 3.05) is 18.6 Å². The minimum Gasteiger partial charge on any atom is -0.314 e. The van der Waals surface area contributed by atoms with Crippen LogP contribution >= 0.6 is 11.8 Å². The molecule has 0 heterocycles. The van der Waals surface area contributed by atoms with Crippen LogP contribution in [0.25, 0.3) is 0 Å². The van der Waals surface area contributed by atoms with E-state index in [0.717, 1.165) is 24.9 Å². The molecule has 1 aromatic carbocycles. The predicted molar refractivity (Wildman–Crippen MR) is 82.4 cm³/mol. The van der Waals surface area contributed by atoms with E-state index in [2.05, 4.69) is 11.6 Å². The van der Waals surface area contributed by atoms with Crippen molar-refractivity contribution in [3.05, 3.63) is 35.6 Å². The van der Waals surface area contributed by atoms with E-state index in [1.54, 1.807) is 12.1 Å². The van der Waals surface area contributed by atoms with E-state index in [9.17, 15) is 4.39 Å². The molecule has 1 nitrogen and oxygen atoms in total. The van der Waals surface area contributed by atoms with E-state index in [4.69, 9.17) is 0 Å². The normalized spacial score (nSPS) is 22.2. The molecule has 0 spiro atoms. The summed E-state index contributed by atoms with van der Waals surface area (Å²) in [5, 5.41) is 3.59. The second-order valence-corrected chi connectivity index (χ2v) is 6.38. The number of unbranched alkanes of at least 4 members (excludes halogenated alkanes) is 2. The van der Waals surface area contributed by atoms with Crippen LogP contribution in [0, 0.1) is 5.82 Å². The molecule has 0 radical (unpaired) electrons. The zero-order chi connectivity index (χ0) is 13.5. The van der Waals surface area contributed by atoms with Gasteiger partial charge in [0.05, 0.1) is 0 Å². The summed E-state index contributed by atoms with van der Waals surface area (Å²) in [6.07, 6.45) is 8.25. The average molecular weight is 281 g/mol. The average Bonchev–Trinajstić information content (AvgIpc) is 2.37. The Kier molecular flexibility index (Phi) is 6.18. The van der Waals surface area contributed by atoms with Gasteiger partial charge in [0, 0.05) is 6.04 Å². The lowest BCUT2D eigenvalue weighted by molar-refractivity contribution is 0.284. The second-order valence-electron chi connectivity index (χ2n) is 5.39. The van der Waals surface area contributed by atoms with Gasteiger partial charge in [0.15, 0.2) is 0 Å². The van der Waals surface area contributed by atoms with Gasteiger partial charge in [-0.05, 0) is 61.8 Å². The molecule has 0 atom stereocenters. The molecule has 19 heavy (non-hydrogen) atoms. The Labute approximate surface area is 120 Å². The summed E-state index contributed by atoms with van der Waals surface area (Å²) in [7, 11) is 0. The van der Waals surface area contributed by atoms with E-state index in [-0.39, 0.29) is 5.82 Å². The molecule has 1 aliphatic carbocycles. The SMILES string of the molecule is CSCCCCCNC1CC(c2ccccc2F)C1. The predicted octanol–water partition coefficient (Wildman–Crippen LogP) is 4.19. The fourth-order valence-corrected chi connectivity index (χ4v) is 3.19. The Balaban J connectivity index is 1.58. The number of benzene rings is 1. The van der Waals surface area contributed by atoms with Crippen molar-refractivity contribution in [2.45, 2.75) is 44.1 Å². The molecular formula is C16H24FNS. The summed E-state index contributed by atoms with van der Waals surface area (Å²) in [5.41, 5.74) is 0.903. The van der Waals surface area contributed by atoms with Crippen molar-refractivity contribution < 1.29 is 4.39 Å². The topological polar surface area (TPSA) is 12.0 Å². The Hall–Kier alpha value is -0.540. The van der Waals surface area contributed by atoms with Gasteiger partial charge in [-0.1, -0.05) is 24.6 Å². The van der Waals surface area contributed by atoms with E-state index < -0.39 is 0 Å². The lowest BCUT2D eigenvalue weighted by Crippen LogP contribution is -2.40. The lowest BCUT2D eigenvalue weighted by atomic mass is 9.75. The molecule has 1 N–H and O–H groups in total. The molecule has 106 valence electrons. The minimum absolute atomic E-state index is 0.0389. The first-order chi connectivity index (χ1) is 9.31. The van der Waals surface area contributed by atoms with Gasteiger partial charge < -0.3 is 5.32 Å². The third-order valence-electron chi connectivity index (χ3n) is 3.94. The number of hydrogen-bond donors (Lipinski definition) is 1. The van der Waals surface area contributed by atoms with Crippen LogP contribution in [0.5, 0.6) is 0 Å². The Morgan fingerprint density at radius 1 is 1.21 bits per heavy atom. The molecule has 1 saturated carbocycles. The van der Waals surface area contributed by atoms with Crippen molar-refractivity contribution in [3.8, 4) is 0 Å². The van der Waals surface area contributed by atoms with Gasteiger partial charge in [0.25, 0.3) is 0 Å². The Bertz CT molecular complexity index is 377. The zero-order valence-electron chi connectivity index (χ0n) is 11.7. The van der Waals surface area contributed by atoms with E-state index in [0.29, 0.717) is 12.0 Å². The first kappa shape index (κ1) is 14.9. The largest absolute Gasteiger partial charge is 0.314 e. The van der Waals surface area contributed by atoms with Crippen LogP contribution in [-0.4, -0.2) is 24.6 Å². The Morgan fingerprint density at radius 3 is 2.74 bits per heavy atom. The molecule has 0 saturated heterocycles. The molecule has 0 aliphatic heterocycles. The highest BCUT2D eigenvalue weighted by Gasteiger charge is 2.31. The molecule has 3 heteroatoms. The maximum Gasteiger partial charge on any atom is 0.126 e. The van der Waals surface area contributed by atoms with Crippen LogP contribution in [0.4, 0.5) is 4.39 Å². The van der Waals surface area contributed by atoms with Gasteiger partial charge in [-0.15, -0.1) is 0 Å². The molecule has 1 aromatic rings. The number of nitrogens with one attached hydrogen (secondary N) is 1. The van der Waals surface area contributed by atoms with Crippen LogP contribution < -0.4 is 5.32 Å². The molecule has 1 fully saturated rings. The van der Waals surface area contributed by atoms with Crippen molar-refractivity contribution in [2.24, 2.45) is 0 Å². The first-order valence-electron chi connectivity index (χ1n) is 7.28. The Morgan fingerprint density at radius 2 is 2.00 bits per heavy atom. The third kappa shape index (κ3) is 4.50. The minimum atomic E-state index is -0.0389. The van der Waals surface area contributed by atoms with Gasteiger partial charge in [0.2, 0.25) is 0 Å². The van der Waals surface area contributed by atoms with E-state index in [1.807, 2.05) is 23.9 Å². The fraction of sp³-hybridized carbons (Fsp3) is 0.625. The van der Waals surface area contributed by atoms with Crippen molar-refractivity contribution in [1.82, 2.24) is 5.32 Å². The molecule has 2 rings (SSSR count). The second kappa shape index (κ2) is 7.91. The summed E-state index contributed by atoms with van der Waals surface area (Å²) in [4.78, 5) is 0. The van der Waals surface area contributed by atoms with Gasteiger partial charge in [0.1, 0.15) is 5.82 Å². The van der Waals surface area contributed by atoms with Crippen LogP contribution in [0.3, 0.4) is 0 Å². The van der Waals surface area contributed by atoms with Crippen molar-refractivity contribution in [3.63, 3.8) is 0 Å². The summed E-state index contributed by atoms with van der Waals surface area (Å²) in [6, 6.07) is 7.80. The summed E-state index contributed by atoms with van der Waals surface area (Å²) < 4.78 is 13.6. The van der Waals surface area contributed by atoms with Gasteiger partial charge >= 0.3 is 0 Å². The van der Waals surface area contributed by atoms with Gasteiger partial charge in [-0.2, -0.15) is 11.8 Å². The van der Waals surface area contributed by atoms with Crippen LogP contribution in [0.1, 0.15) is 43.6 Å². The monoisotopic (exact) mass is 281 g/mol.